The van der Waals surface area contributed by atoms with Gasteiger partial charge in [-0.25, -0.2) is 0 Å². The molecule has 1 saturated heterocycles. The molecule has 0 aromatic carbocycles. The van der Waals surface area contributed by atoms with Crippen molar-refractivity contribution in [3.8, 4) is 0 Å². The zero-order valence-electron chi connectivity index (χ0n) is 10.5. The van der Waals surface area contributed by atoms with E-state index in [2.05, 4.69) is 28.9 Å². The molecule has 1 aliphatic rings. The summed E-state index contributed by atoms with van der Waals surface area (Å²) < 4.78 is 0. The first-order valence-corrected chi connectivity index (χ1v) is 6.20. The smallest absolute Gasteiger partial charge is 0.228 e. The number of hydrogen-bond acceptors (Lipinski definition) is 3. The summed E-state index contributed by atoms with van der Waals surface area (Å²) in [5.41, 5.74) is 0.889. The predicted molar refractivity (Wildman–Crippen MR) is 65.6 cm³/mol. The summed E-state index contributed by atoms with van der Waals surface area (Å²) in [7, 11) is 0. The van der Waals surface area contributed by atoms with Gasteiger partial charge in [0.15, 0.2) is 0 Å². The van der Waals surface area contributed by atoms with E-state index in [1.54, 1.807) is 6.20 Å². The lowest BCUT2D eigenvalue weighted by atomic mass is 10.1. The summed E-state index contributed by atoms with van der Waals surface area (Å²) in [6, 6.07) is 2.16. The Hall–Kier alpha value is -1.36. The minimum absolute atomic E-state index is 0.192. The van der Waals surface area contributed by atoms with Crippen LogP contribution in [0.5, 0.6) is 0 Å². The van der Waals surface area contributed by atoms with Crippen molar-refractivity contribution in [1.82, 2.24) is 20.0 Å². The molecule has 0 spiro atoms. The highest BCUT2D eigenvalue weighted by atomic mass is 16.2. The second kappa shape index (κ2) is 5.31. The second-order valence-corrected chi connectivity index (χ2v) is 4.59. The molecule has 1 fully saturated rings. The van der Waals surface area contributed by atoms with Gasteiger partial charge in [0.05, 0.1) is 6.42 Å². The van der Waals surface area contributed by atoms with Crippen molar-refractivity contribution < 1.29 is 4.79 Å². The minimum atomic E-state index is 0.192. The fourth-order valence-corrected chi connectivity index (χ4v) is 2.34. The van der Waals surface area contributed by atoms with E-state index in [-0.39, 0.29) is 5.91 Å². The largest absolute Gasteiger partial charge is 0.337 e. The SMILES string of the molecule is CCN1CCN(C(=O)Cc2ccn[nH]2)C(C)C1. The third kappa shape index (κ3) is 2.85. The van der Waals surface area contributed by atoms with Gasteiger partial charge in [-0.15, -0.1) is 0 Å². The van der Waals surface area contributed by atoms with Gasteiger partial charge >= 0.3 is 0 Å². The molecule has 5 nitrogen and oxygen atoms in total. The number of nitrogens with zero attached hydrogens (tertiary/aromatic N) is 3. The Labute approximate surface area is 102 Å². The first-order valence-electron chi connectivity index (χ1n) is 6.20. The number of aromatic nitrogens is 2. The topological polar surface area (TPSA) is 52.2 Å². The number of carbonyl (C=O) groups excluding carboxylic acids is 1. The minimum Gasteiger partial charge on any atom is -0.337 e. The van der Waals surface area contributed by atoms with Crippen LogP contribution in [0.4, 0.5) is 0 Å². The normalized spacial score (nSPS) is 21.8. The highest BCUT2D eigenvalue weighted by Gasteiger charge is 2.26. The van der Waals surface area contributed by atoms with Crippen molar-refractivity contribution in [2.24, 2.45) is 0 Å². The molecule has 1 N–H and O–H groups in total. The van der Waals surface area contributed by atoms with Crippen LogP contribution in [0, 0.1) is 0 Å². The summed E-state index contributed by atoms with van der Waals surface area (Å²) in [6.07, 6.45) is 2.11. The van der Waals surface area contributed by atoms with Crippen LogP contribution in [0.25, 0.3) is 0 Å². The van der Waals surface area contributed by atoms with Crippen LogP contribution in [-0.2, 0) is 11.2 Å². The molecule has 17 heavy (non-hydrogen) atoms. The fourth-order valence-electron chi connectivity index (χ4n) is 2.34. The Bertz CT molecular complexity index is 363. The molecule has 1 aliphatic heterocycles. The zero-order chi connectivity index (χ0) is 12.3. The van der Waals surface area contributed by atoms with Crippen LogP contribution in [0.1, 0.15) is 19.5 Å². The summed E-state index contributed by atoms with van der Waals surface area (Å²) in [5.74, 6) is 0.192. The zero-order valence-corrected chi connectivity index (χ0v) is 10.5. The van der Waals surface area contributed by atoms with Gasteiger partial charge in [0.25, 0.3) is 0 Å². The number of H-pyrrole nitrogens is 1. The molecular formula is C12H20N4O. The van der Waals surface area contributed by atoms with Crippen molar-refractivity contribution in [1.29, 1.82) is 0 Å². The Morgan fingerprint density at radius 2 is 2.41 bits per heavy atom. The number of rotatable bonds is 3. The van der Waals surface area contributed by atoms with Gasteiger partial charge < -0.3 is 4.90 Å². The maximum Gasteiger partial charge on any atom is 0.228 e. The number of nitrogens with one attached hydrogen (secondary N) is 1. The van der Waals surface area contributed by atoms with Gasteiger partial charge in [0, 0.05) is 37.6 Å². The molecule has 0 bridgehead atoms. The third-order valence-corrected chi connectivity index (χ3v) is 3.38. The molecule has 0 radical (unpaired) electrons. The van der Waals surface area contributed by atoms with Crippen LogP contribution >= 0.6 is 0 Å². The number of carbonyl (C=O) groups is 1. The standard InChI is InChI=1S/C12H20N4O/c1-3-15-6-7-16(10(2)9-15)12(17)8-11-4-5-13-14-11/h4-5,10H,3,6-9H2,1-2H3,(H,13,14). The predicted octanol–water partition coefficient (Wildman–Crippen LogP) is 0.505. The van der Waals surface area contributed by atoms with Crippen LogP contribution in [0.2, 0.25) is 0 Å². The monoisotopic (exact) mass is 236 g/mol. The third-order valence-electron chi connectivity index (χ3n) is 3.38. The van der Waals surface area contributed by atoms with Crippen LogP contribution in [-0.4, -0.2) is 58.1 Å². The maximum absolute atomic E-state index is 12.1. The number of amides is 1. The molecule has 1 atom stereocenters. The lowest BCUT2D eigenvalue weighted by Gasteiger charge is -2.39. The Morgan fingerprint density at radius 3 is 3.00 bits per heavy atom. The molecule has 1 aromatic heterocycles. The Morgan fingerprint density at radius 1 is 1.59 bits per heavy atom. The van der Waals surface area contributed by atoms with Gasteiger partial charge in [-0.3, -0.25) is 14.8 Å². The molecule has 0 aliphatic carbocycles. The molecule has 0 saturated carbocycles. The molecule has 5 heteroatoms. The molecule has 2 rings (SSSR count). The van der Waals surface area contributed by atoms with Crippen molar-refractivity contribution in [3.05, 3.63) is 18.0 Å². The van der Waals surface area contributed by atoms with E-state index in [4.69, 9.17) is 0 Å². The van der Waals surface area contributed by atoms with E-state index in [1.165, 1.54) is 0 Å². The number of piperazine rings is 1. The van der Waals surface area contributed by atoms with E-state index in [1.807, 2.05) is 11.0 Å². The number of likely N-dealkylation sites (N-methyl/N-ethyl adjacent to an activating group) is 1. The van der Waals surface area contributed by atoms with Crippen molar-refractivity contribution in [3.63, 3.8) is 0 Å². The molecular weight excluding hydrogens is 216 g/mol. The van der Waals surface area contributed by atoms with Gasteiger partial charge in [0.1, 0.15) is 0 Å². The van der Waals surface area contributed by atoms with Crippen molar-refractivity contribution in [2.45, 2.75) is 26.3 Å². The fraction of sp³-hybridized carbons (Fsp3) is 0.667. The molecule has 1 aromatic rings. The molecule has 94 valence electrons. The van der Waals surface area contributed by atoms with Crippen LogP contribution in [0.3, 0.4) is 0 Å². The van der Waals surface area contributed by atoms with E-state index in [9.17, 15) is 4.79 Å². The first-order chi connectivity index (χ1) is 8.20. The highest BCUT2D eigenvalue weighted by molar-refractivity contribution is 5.78. The second-order valence-electron chi connectivity index (χ2n) is 4.59. The summed E-state index contributed by atoms with van der Waals surface area (Å²) in [5, 5.41) is 6.69. The van der Waals surface area contributed by atoms with Crippen molar-refractivity contribution >= 4 is 5.91 Å². The van der Waals surface area contributed by atoms with Crippen LogP contribution in [0.15, 0.2) is 12.3 Å². The van der Waals surface area contributed by atoms with Crippen LogP contribution < -0.4 is 0 Å². The van der Waals surface area contributed by atoms with Crippen molar-refractivity contribution in [2.75, 3.05) is 26.2 Å². The molecule has 1 amide bonds. The maximum atomic E-state index is 12.1. The summed E-state index contributed by atoms with van der Waals surface area (Å²) in [6.45, 7) is 8.14. The number of hydrogen-bond donors (Lipinski definition) is 1. The van der Waals surface area contributed by atoms with E-state index < -0.39 is 0 Å². The Balaban J connectivity index is 1.92. The van der Waals surface area contributed by atoms with Gasteiger partial charge in [-0.2, -0.15) is 5.10 Å². The van der Waals surface area contributed by atoms with Gasteiger partial charge in [-0.1, -0.05) is 6.92 Å². The quantitative estimate of drug-likeness (QED) is 0.831. The number of aromatic amines is 1. The molecule has 2 heterocycles. The lowest BCUT2D eigenvalue weighted by Crippen LogP contribution is -2.54. The average molecular weight is 236 g/mol. The van der Waals surface area contributed by atoms with Gasteiger partial charge in [-0.05, 0) is 19.5 Å². The summed E-state index contributed by atoms with van der Waals surface area (Å²) >= 11 is 0. The molecule has 1 unspecified atom stereocenters. The van der Waals surface area contributed by atoms with E-state index >= 15 is 0 Å². The highest BCUT2D eigenvalue weighted by Crippen LogP contribution is 2.11. The van der Waals surface area contributed by atoms with E-state index in [0.29, 0.717) is 12.5 Å². The summed E-state index contributed by atoms with van der Waals surface area (Å²) in [4.78, 5) is 16.5. The lowest BCUT2D eigenvalue weighted by molar-refractivity contribution is -0.134. The average Bonchev–Trinajstić information content (AvgIpc) is 2.81. The van der Waals surface area contributed by atoms with E-state index in [0.717, 1.165) is 31.9 Å². The Kier molecular flexibility index (Phi) is 3.78. The van der Waals surface area contributed by atoms with Gasteiger partial charge in [0.2, 0.25) is 5.91 Å². The first kappa shape index (κ1) is 12.1.